The molecule has 0 spiro atoms. The number of carbonyl (C=O) groups is 1. The lowest BCUT2D eigenvalue weighted by atomic mass is 9.96. The Hall–Kier alpha value is -1.72. The fraction of sp³-hybridized carbons (Fsp3) is 0.500. The van der Waals surface area contributed by atoms with Crippen LogP contribution in [-0.4, -0.2) is 35.3 Å². The molecule has 2 bridgehead atoms. The van der Waals surface area contributed by atoms with Gasteiger partial charge in [0, 0.05) is 13.1 Å². The Morgan fingerprint density at radius 1 is 1.30 bits per heavy atom. The van der Waals surface area contributed by atoms with Crippen molar-refractivity contribution < 1.29 is 18.7 Å². The van der Waals surface area contributed by atoms with Gasteiger partial charge in [-0.1, -0.05) is 12.1 Å². The number of hydrogen-bond donors (Lipinski definition) is 0. The summed E-state index contributed by atoms with van der Waals surface area (Å²) in [5, 5.41) is 0. The van der Waals surface area contributed by atoms with Crippen molar-refractivity contribution in [3.8, 4) is 0 Å². The molecule has 2 atom stereocenters. The highest BCUT2D eigenvalue weighted by atomic mass is 19.1. The number of nitrogens with zero attached hydrogens (tertiary/aromatic N) is 1. The third-order valence-electron chi connectivity index (χ3n) is 4.76. The number of fused-ring (bicyclic) bond motifs is 6. The highest BCUT2D eigenvalue weighted by Crippen LogP contribution is 2.36. The molecule has 1 fully saturated rings. The van der Waals surface area contributed by atoms with Gasteiger partial charge in [-0.2, -0.15) is 0 Å². The first-order valence-electron chi connectivity index (χ1n) is 8.05. The average Bonchev–Trinajstić information content (AvgIpc) is 2.71. The molecule has 0 radical (unpaired) electrons. The molecule has 122 valence electrons. The number of benzene rings is 1. The number of ether oxygens (including phenoxy) is 2. The average molecular weight is 317 g/mol. The number of halogens is 1. The van der Waals surface area contributed by atoms with Gasteiger partial charge in [-0.15, -0.1) is 0 Å². The molecular formula is C18H20FNO3. The Bertz CT molecular complexity index is 698. The number of hydrogen-bond acceptors (Lipinski definition) is 3. The topological polar surface area (TPSA) is 38.8 Å². The molecule has 3 aliphatic heterocycles. The van der Waals surface area contributed by atoms with E-state index in [0.717, 1.165) is 23.1 Å². The predicted molar refractivity (Wildman–Crippen MR) is 82.9 cm³/mol. The second-order valence-corrected chi connectivity index (χ2v) is 6.87. The van der Waals surface area contributed by atoms with E-state index in [1.54, 1.807) is 4.90 Å². The van der Waals surface area contributed by atoms with Gasteiger partial charge in [0.25, 0.3) is 5.91 Å². The van der Waals surface area contributed by atoms with Crippen LogP contribution in [0.3, 0.4) is 0 Å². The molecule has 5 heteroatoms. The van der Waals surface area contributed by atoms with Crippen molar-refractivity contribution in [2.24, 2.45) is 0 Å². The molecule has 4 rings (SSSR count). The summed E-state index contributed by atoms with van der Waals surface area (Å²) in [7, 11) is 0. The highest BCUT2D eigenvalue weighted by Gasteiger charge is 2.46. The van der Waals surface area contributed by atoms with Crippen molar-refractivity contribution in [2.45, 2.75) is 51.2 Å². The normalized spacial score (nSPS) is 29.1. The Labute approximate surface area is 134 Å². The fourth-order valence-electron chi connectivity index (χ4n) is 3.74. The van der Waals surface area contributed by atoms with Crippen LogP contribution in [-0.2, 0) is 20.8 Å². The maximum atomic E-state index is 13.6. The summed E-state index contributed by atoms with van der Waals surface area (Å²) in [6.07, 6.45) is 2.67. The second kappa shape index (κ2) is 5.14. The van der Waals surface area contributed by atoms with Gasteiger partial charge >= 0.3 is 0 Å². The number of rotatable bonds is 0. The van der Waals surface area contributed by atoms with E-state index >= 15 is 0 Å². The van der Waals surface area contributed by atoms with Gasteiger partial charge in [0.05, 0.1) is 6.10 Å². The summed E-state index contributed by atoms with van der Waals surface area (Å²) < 4.78 is 25.4. The Morgan fingerprint density at radius 3 is 2.96 bits per heavy atom. The molecule has 0 aromatic heterocycles. The molecular weight excluding hydrogens is 297 g/mol. The van der Waals surface area contributed by atoms with Crippen LogP contribution in [0.1, 0.15) is 37.8 Å². The van der Waals surface area contributed by atoms with E-state index in [1.165, 1.54) is 12.1 Å². The molecule has 0 aliphatic carbocycles. The zero-order valence-electron chi connectivity index (χ0n) is 13.3. The maximum absolute atomic E-state index is 13.6. The first-order chi connectivity index (χ1) is 10.9. The van der Waals surface area contributed by atoms with E-state index in [0.29, 0.717) is 19.5 Å². The lowest BCUT2D eigenvalue weighted by Crippen LogP contribution is -2.43. The Balaban J connectivity index is 1.79. The molecule has 0 saturated carbocycles. The standard InChI is InChI=1S/C18H20FNO3/c1-18(2)22-15-6-3-11-7-8-20(17(21)16(15)23-18)10-12-9-13(19)4-5-14(11)12/h3-5,9,15-16H,6-8,10H2,1-2H3. The SMILES string of the molecule is CC1(C)OC2CC=C3CCN(Cc4cc(F)ccc43)C(=O)C2O1. The minimum atomic E-state index is -0.753. The molecule has 1 aromatic carbocycles. The molecule has 23 heavy (non-hydrogen) atoms. The highest BCUT2D eigenvalue weighted by molar-refractivity contribution is 5.83. The summed E-state index contributed by atoms with van der Waals surface area (Å²) in [6.45, 7) is 4.69. The van der Waals surface area contributed by atoms with Crippen LogP contribution >= 0.6 is 0 Å². The fourth-order valence-corrected chi connectivity index (χ4v) is 3.74. The smallest absolute Gasteiger partial charge is 0.254 e. The van der Waals surface area contributed by atoms with Gasteiger partial charge in [0.15, 0.2) is 11.9 Å². The first-order valence-corrected chi connectivity index (χ1v) is 8.05. The lowest BCUT2D eigenvalue weighted by molar-refractivity contribution is -0.161. The number of carbonyl (C=O) groups excluding carboxylic acids is 1. The van der Waals surface area contributed by atoms with Crippen LogP contribution in [0, 0.1) is 5.82 Å². The molecule has 1 aromatic rings. The van der Waals surface area contributed by atoms with Crippen molar-refractivity contribution in [3.05, 3.63) is 41.2 Å². The van der Waals surface area contributed by atoms with Crippen LogP contribution in [0.4, 0.5) is 4.39 Å². The van der Waals surface area contributed by atoms with Crippen molar-refractivity contribution in [1.82, 2.24) is 4.90 Å². The first kappa shape index (κ1) is 14.8. The van der Waals surface area contributed by atoms with E-state index < -0.39 is 11.9 Å². The number of amides is 1. The third kappa shape index (κ3) is 2.58. The Kier molecular flexibility index (Phi) is 3.32. The van der Waals surface area contributed by atoms with E-state index in [4.69, 9.17) is 9.47 Å². The minimum Gasteiger partial charge on any atom is -0.344 e. The maximum Gasteiger partial charge on any atom is 0.254 e. The van der Waals surface area contributed by atoms with Crippen LogP contribution in [0.2, 0.25) is 0 Å². The summed E-state index contributed by atoms with van der Waals surface area (Å²) in [4.78, 5) is 14.7. The largest absolute Gasteiger partial charge is 0.344 e. The zero-order chi connectivity index (χ0) is 16.2. The van der Waals surface area contributed by atoms with Crippen LogP contribution in [0.15, 0.2) is 24.3 Å². The van der Waals surface area contributed by atoms with Gasteiger partial charge in [-0.3, -0.25) is 4.79 Å². The molecule has 4 nitrogen and oxygen atoms in total. The summed E-state index contributed by atoms with van der Waals surface area (Å²) in [5.41, 5.74) is 3.06. The van der Waals surface area contributed by atoms with Gasteiger partial charge < -0.3 is 14.4 Å². The van der Waals surface area contributed by atoms with E-state index in [-0.39, 0.29) is 17.8 Å². The monoisotopic (exact) mass is 317 g/mol. The molecule has 3 aliphatic rings. The summed E-state index contributed by atoms with van der Waals surface area (Å²) in [5.74, 6) is -1.09. The predicted octanol–water partition coefficient (Wildman–Crippen LogP) is 2.87. The van der Waals surface area contributed by atoms with Gasteiger partial charge in [-0.05, 0) is 55.5 Å². The summed E-state index contributed by atoms with van der Waals surface area (Å²) >= 11 is 0. The second-order valence-electron chi connectivity index (χ2n) is 6.87. The van der Waals surface area contributed by atoms with Gasteiger partial charge in [-0.25, -0.2) is 4.39 Å². The zero-order valence-corrected chi connectivity index (χ0v) is 13.3. The van der Waals surface area contributed by atoms with Crippen molar-refractivity contribution in [2.75, 3.05) is 6.54 Å². The van der Waals surface area contributed by atoms with Gasteiger partial charge in [0.2, 0.25) is 0 Å². The van der Waals surface area contributed by atoms with Crippen LogP contribution in [0.5, 0.6) is 0 Å². The minimum absolute atomic E-state index is 0.0627. The van der Waals surface area contributed by atoms with Crippen molar-refractivity contribution in [3.63, 3.8) is 0 Å². The van der Waals surface area contributed by atoms with E-state index in [1.807, 2.05) is 19.9 Å². The van der Waals surface area contributed by atoms with Crippen molar-refractivity contribution >= 4 is 11.5 Å². The van der Waals surface area contributed by atoms with E-state index in [2.05, 4.69) is 6.08 Å². The molecule has 1 amide bonds. The summed E-state index contributed by atoms with van der Waals surface area (Å²) in [6, 6.07) is 4.83. The molecule has 3 heterocycles. The van der Waals surface area contributed by atoms with E-state index in [9.17, 15) is 9.18 Å². The van der Waals surface area contributed by atoms with Crippen LogP contribution < -0.4 is 0 Å². The van der Waals surface area contributed by atoms with Gasteiger partial charge in [0.1, 0.15) is 5.82 Å². The quantitative estimate of drug-likeness (QED) is 0.738. The Morgan fingerprint density at radius 2 is 2.13 bits per heavy atom. The van der Waals surface area contributed by atoms with Crippen LogP contribution in [0.25, 0.3) is 5.57 Å². The third-order valence-corrected chi connectivity index (χ3v) is 4.76. The molecule has 0 N–H and O–H groups in total. The molecule has 1 saturated heterocycles. The van der Waals surface area contributed by atoms with Crippen molar-refractivity contribution in [1.29, 1.82) is 0 Å². The lowest BCUT2D eigenvalue weighted by Gasteiger charge is -2.25. The molecule has 2 unspecified atom stereocenters.